The quantitative estimate of drug-likeness (QED) is 0.876. The standard InChI is InChI=1S/C15H23N3O/c1-16-15(19)14-8-2-3-10-18(14)11-5-7-13-6-4-9-17-12-13/h4,6,9,12,14H,2-3,5,7-8,10-11H2,1H3,(H,16,19)/t14-/m1/s1. The van der Waals surface area contributed by atoms with Crippen molar-refractivity contribution in [2.75, 3.05) is 20.1 Å². The number of nitrogens with one attached hydrogen (secondary N) is 1. The number of pyridine rings is 1. The zero-order valence-corrected chi connectivity index (χ0v) is 11.6. The topological polar surface area (TPSA) is 45.2 Å². The Bertz CT molecular complexity index is 394. The molecular formula is C15H23N3O. The maximum atomic E-state index is 11.8. The number of piperidine rings is 1. The molecule has 0 aliphatic carbocycles. The fourth-order valence-electron chi connectivity index (χ4n) is 2.75. The first kappa shape index (κ1) is 14.0. The van der Waals surface area contributed by atoms with Gasteiger partial charge in [0.15, 0.2) is 0 Å². The first-order chi connectivity index (χ1) is 9.31. The lowest BCUT2D eigenvalue weighted by molar-refractivity contribution is -0.127. The third-order valence-electron chi connectivity index (χ3n) is 3.80. The summed E-state index contributed by atoms with van der Waals surface area (Å²) >= 11 is 0. The van der Waals surface area contributed by atoms with Gasteiger partial charge in [0, 0.05) is 19.4 Å². The van der Waals surface area contributed by atoms with Crippen molar-refractivity contribution in [3.8, 4) is 0 Å². The average Bonchev–Trinajstić information content (AvgIpc) is 2.48. The van der Waals surface area contributed by atoms with Crippen LogP contribution in [0, 0.1) is 0 Å². The van der Waals surface area contributed by atoms with Gasteiger partial charge in [-0.25, -0.2) is 0 Å². The highest BCUT2D eigenvalue weighted by Gasteiger charge is 2.27. The van der Waals surface area contributed by atoms with E-state index < -0.39 is 0 Å². The molecule has 104 valence electrons. The summed E-state index contributed by atoms with van der Waals surface area (Å²) in [5.41, 5.74) is 1.27. The summed E-state index contributed by atoms with van der Waals surface area (Å²) in [4.78, 5) is 18.3. The number of aromatic nitrogens is 1. The van der Waals surface area contributed by atoms with E-state index >= 15 is 0 Å². The van der Waals surface area contributed by atoms with E-state index in [1.165, 1.54) is 12.0 Å². The zero-order valence-electron chi connectivity index (χ0n) is 11.6. The number of hydrogen-bond acceptors (Lipinski definition) is 3. The lowest BCUT2D eigenvalue weighted by Gasteiger charge is -2.34. The Balaban J connectivity index is 1.81. The molecule has 4 nitrogen and oxygen atoms in total. The minimum absolute atomic E-state index is 0.0765. The highest BCUT2D eigenvalue weighted by atomic mass is 16.2. The number of aryl methyl sites for hydroxylation is 1. The van der Waals surface area contributed by atoms with E-state index in [0.29, 0.717) is 0 Å². The first-order valence-corrected chi connectivity index (χ1v) is 7.16. The van der Waals surface area contributed by atoms with Crippen LogP contribution in [0.1, 0.15) is 31.2 Å². The van der Waals surface area contributed by atoms with Crippen molar-refractivity contribution < 1.29 is 4.79 Å². The summed E-state index contributed by atoms with van der Waals surface area (Å²) in [6.45, 7) is 2.04. The lowest BCUT2D eigenvalue weighted by atomic mass is 10.0. The van der Waals surface area contributed by atoms with E-state index in [-0.39, 0.29) is 11.9 Å². The first-order valence-electron chi connectivity index (χ1n) is 7.16. The number of likely N-dealkylation sites (N-methyl/N-ethyl adjacent to an activating group) is 1. The molecule has 1 amide bonds. The highest BCUT2D eigenvalue weighted by Crippen LogP contribution is 2.17. The van der Waals surface area contributed by atoms with Crippen LogP contribution in [-0.4, -0.2) is 42.0 Å². The number of carbonyl (C=O) groups is 1. The molecule has 1 aromatic heterocycles. The maximum Gasteiger partial charge on any atom is 0.237 e. The SMILES string of the molecule is CNC(=O)[C@H]1CCCCN1CCCc1cccnc1. The van der Waals surface area contributed by atoms with E-state index in [4.69, 9.17) is 0 Å². The summed E-state index contributed by atoms with van der Waals surface area (Å²) in [6, 6.07) is 4.16. The Hall–Kier alpha value is -1.42. The summed E-state index contributed by atoms with van der Waals surface area (Å²) in [5, 5.41) is 2.78. The zero-order chi connectivity index (χ0) is 13.5. The Kier molecular flexibility index (Phi) is 5.33. The molecule has 0 saturated carbocycles. The van der Waals surface area contributed by atoms with E-state index in [9.17, 15) is 4.79 Å². The second kappa shape index (κ2) is 7.24. The van der Waals surface area contributed by atoms with Crippen molar-refractivity contribution in [1.82, 2.24) is 15.2 Å². The van der Waals surface area contributed by atoms with Crippen molar-refractivity contribution in [2.24, 2.45) is 0 Å². The van der Waals surface area contributed by atoms with Gasteiger partial charge in [0.1, 0.15) is 0 Å². The van der Waals surface area contributed by atoms with Crippen molar-refractivity contribution in [2.45, 2.75) is 38.1 Å². The molecule has 0 spiro atoms. The Labute approximate surface area is 115 Å². The summed E-state index contributed by atoms with van der Waals surface area (Å²) in [7, 11) is 1.73. The number of nitrogens with zero attached hydrogens (tertiary/aromatic N) is 2. The van der Waals surface area contributed by atoms with Crippen molar-refractivity contribution in [3.63, 3.8) is 0 Å². The minimum Gasteiger partial charge on any atom is -0.358 e. The molecular weight excluding hydrogens is 238 g/mol. The molecule has 0 unspecified atom stereocenters. The van der Waals surface area contributed by atoms with Crippen LogP contribution in [0.3, 0.4) is 0 Å². The van der Waals surface area contributed by atoms with Crippen molar-refractivity contribution in [1.29, 1.82) is 0 Å². The molecule has 4 heteroatoms. The summed E-state index contributed by atoms with van der Waals surface area (Å²) < 4.78 is 0. The number of likely N-dealkylation sites (tertiary alicyclic amines) is 1. The molecule has 0 aromatic carbocycles. The number of amides is 1. The van der Waals surface area contributed by atoms with Crippen LogP contribution in [0.15, 0.2) is 24.5 Å². The van der Waals surface area contributed by atoms with Gasteiger partial charge in [0.2, 0.25) is 5.91 Å². The van der Waals surface area contributed by atoms with Crippen LogP contribution in [0.25, 0.3) is 0 Å². The molecule has 1 saturated heterocycles. The largest absolute Gasteiger partial charge is 0.358 e. The number of hydrogen-bond donors (Lipinski definition) is 1. The third-order valence-corrected chi connectivity index (χ3v) is 3.80. The van der Waals surface area contributed by atoms with Gasteiger partial charge >= 0.3 is 0 Å². The summed E-state index contributed by atoms with van der Waals surface area (Å²) in [6.07, 6.45) is 9.20. The fourth-order valence-corrected chi connectivity index (χ4v) is 2.75. The molecule has 19 heavy (non-hydrogen) atoms. The Morgan fingerprint density at radius 3 is 3.16 bits per heavy atom. The van der Waals surface area contributed by atoms with Crippen LogP contribution < -0.4 is 5.32 Å². The van der Waals surface area contributed by atoms with E-state index in [1.807, 2.05) is 12.3 Å². The van der Waals surface area contributed by atoms with Crippen LogP contribution in [0.5, 0.6) is 0 Å². The molecule has 0 radical (unpaired) electrons. The van der Waals surface area contributed by atoms with Gasteiger partial charge < -0.3 is 5.32 Å². The molecule has 1 fully saturated rings. The predicted molar refractivity (Wildman–Crippen MR) is 75.8 cm³/mol. The molecule has 1 aliphatic rings. The van der Waals surface area contributed by atoms with Crippen molar-refractivity contribution >= 4 is 5.91 Å². The van der Waals surface area contributed by atoms with Gasteiger partial charge in [-0.2, -0.15) is 0 Å². The molecule has 0 bridgehead atoms. The number of rotatable bonds is 5. The van der Waals surface area contributed by atoms with Gasteiger partial charge in [-0.05, 0) is 50.4 Å². The third kappa shape index (κ3) is 4.03. The van der Waals surface area contributed by atoms with E-state index in [1.54, 1.807) is 13.2 Å². The Morgan fingerprint density at radius 2 is 2.42 bits per heavy atom. The molecule has 2 rings (SSSR count). The van der Waals surface area contributed by atoms with Crippen LogP contribution in [0.4, 0.5) is 0 Å². The second-order valence-corrected chi connectivity index (χ2v) is 5.13. The van der Waals surface area contributed by atoms with Crippen LogP contribution in [-0.2, 0) is 11.2 Å². The van der Waals surface area contributed by atoms with Gasteiger partial charge in [-0.3, -0.25) is 14.7 Å². The van der Waals surface area contributed by atoms with Gasteiger partial charge in [0.05, 0.1) is 6.04 Å². The normalized spacial score (nSPS) is 20.2. The predicted octanol–water partition coefficient (Wildman–Crippen LogP) is 1.61. The van der Waals surface area contributed by atoms with Gasteiger partial charge in [-0.15, -0.1) is 0 Å². The molecule has 2 heterocycles. The van der Waals surface area contributed by atoms with Gasteiger partial charge in [0.25, 0.3) is 0 Å². The molecule has 1 N–H and O–H groups in total. The maximum absolute atomic E-state index is 11.8. The smallest absolute Gasteiger partial charge is 0.237 e. The minimum atomic E-state index is 0.0765. The average molecular weight is 261 g/mol. The number of carbonyl (C=O) groups excluding carboxylic acids is 1. The molecule has 1 aliphatic heterocycles. The van der Waals surface area contributed by atoms with Crippen molar-refractivity contribution in [3.05, 3.63) is 30.1 Å². The van der Waals surface area contributed by atoms with E-state index in [0.717, 1.165) is 38.8 Å². The lowest BCUT2D eigenvalue weighted by Crippen LogP contribution is -2.48. The van der Waals surface area contributed by atoms with Crippen LogP contribution >= 0.6 is 0 Å². The highest BCUT2D eigenvalue weighted by molar-refractivity contribution is 5.81. The summed E-state index contributed by atoms with van der Waals surface area (Å²) in [5.74, 6) is 0.168. The monoisotopic (exact) mass is 261 g/mol. The Morgan fingerprint density at radius 1 is 1.53 bits per heavy atom. The fraction of sp³-hybridized carbons (Fsp3) is 0.600. The van der Waals surface area contributed by atoms with Gasteiger partial charge in [-0.1, -0.05) is 12.5 Å². The molecule has 1 aromatic rings. The van der Waals surface area contributed by atoms with Crippen LogP contribution in [0.2, 0.25) is 0 Å². The second-order valence-electron chi connectivity index (χ2n) is 5.13. The molecule has 1 atom stereocenters. The van der Waals surface area contributed by atoms with E-state index in [2.05, 4.69) is 21.3 Å².